The van der Waals surface area contributed by atoms with Crippen LogP contribution in [0.25, 0.3) is 0 Å². The summed E-state index contributed by atoms with van der Waals surface area (Å²) < 4.78 is 0. The molecule has 0 aliphatic rings. The summed E-state index contributed by atoms with van der Waals surface area (Å²) in [4.78, 5) is 25.6. The zero-order chi connectivity index (χ0) is 14.9. The van der Waals surface area contributed by atoms with Crippen molar-refractivity contribution in [3.63, 3.8) is 0 Å². The topological polar surface area (TPSA) is 82.2 Å². The lowest BCUT2D eigenvalue weighted by Gasteiger charge is -2.07. The van der Waals surface area contributed by atoms with Crippen LogP contribution in [0.1, 0.15) is 26.4 Å². The first-order valence-corrected chi connectivity index (χ1v) is 6.33. The smallest absolute Gasteiger partial charge is 0.336 e. The van der Waals surface area contributed by atoms with Gasteiger partial charge in [-0.25, -0.2) is 4.79 Å². The van der Waals surface area contributed by atoms with Gasteiger partial charge in [0.05, 0.1) is 10.6 Å². The molecule has 20 heavy (non-hydrogen) atoms. The molecule has 0 spiro atoms. The average Bonchev–Trinajstić information content (AvgIpc) is 2.72. The molecule has 1 aromatic carbocycles. The van der Waals surface area contributed by atoms with Crippen molar-refractivity contribution in [3.8, 4) is 0 Å². The van der Waals surface area contributed by atoms with Crippen molar-refractivity contribution in [1.82, 2.24) is 4.98 Å². The Morgan fingerprint density at radius 2 is 1.95 bits per heavy atom. The maximum absolute atomic E-state index is 11.9. The second-order valence-corrected chi connectivity index (χ2v) is 4.92. The second kappa shape index (κ2) is 5.56. The predicted molar refractivity (Wildman–Crippen MR) is 76.9 cm³/mol. The third kappa shape index (κ3) is 2.95. The number of carboxylic acids is 1. The molecule has 0 radical (unpaired) electrons. The van der Waals surface area contributed by atoms with Crippen molar-refractivity contribution in [3.05, 3.63) is 51.3 Å². The largest absolute Gasteiger partial charge is 0.478 e. The van der Waals surface area contributed by atoms with E-state index in [-0.39, 0.29) is 21.4 Å². The van der Waals surface area contributed by atoms with Gasteiger partial charge in [0.1, 0.15) is 10.8 Å². The molecule has 104 valence electrons. The zero-order valence-electron chi connectivity index (χ0n) is 10.3. The molecule has 0 aliphatic carbocycles. The molecule has 0 aliphatic heterocycles. The van der Waals surface area contributed by atoms with E-state index in [1.165, 1.54) is 12.1 Å². The van der Waals surface area contributed by atoms with Crippen LogP contribution in [0, 0.1) is 6.92 Å². The van der Waals surface area contributed by atoms with Gasteiger partial charge in [-0.15, -0.1) is 0 Å². The molecule has 0 unspecified atom stereocenters. The van der Waals surface area contributed by atoms with Gasteiger partial charge >= 0.3 is 5.97 Å². The van der Waals surface area contributed by atoms with Crippen molar-refractivity contribution in [1.29, 1.82) is 0 Å². The number of benzene rings is 1. The summed E-state index contributed by atoms with van der Waals surface area (Å²) in [6, 6.07) is 6.02. The van der Waals surface area contributed by atoms with Crippen LogP contribution < -0.4 is 5.32 Å². The van der Waals surface area contributed by atoms with Crippen LogP contribution in [-0.4, -0.2) is 22.0 Å². The molecule has 1 heterocycles. The molecule has 1 aromatic heterocycles. The molecule has 2 aromatic rings. The number of hydrogen-bond donors (Lipinski definition) is 3. The van der Waals surface area contributed by atoms with Crippen molar-refractivity contribution < 1.29 is 14.7 Å². The summed E-state index contributed by atoms with van der Waals surface area (Å²) in [7, 11) is 0. The van der Waals surface area contributed by atoms with Crippen LogP contribution in [0.4, 0.5) is 5.69 Å². The molecular weight excluding hydrogens is 303 g/mol. The number of aromatic amines is 1. The van der Waals surface area contributed by atoms with E-state index in [2.05, 4.69) is 10.3 Å². The molecule has 5 nitrogen and oxygen atoms in total. The molecule has 1 amide bonds. The first-order valence-electron chi connectivity index (χ1n) is 5.58. The number of amides is 1. The molecule has 0 fully saturated rings. The lowest BCUT2D eigenvalue weighted by atomic mass is 10.1. The highest BCUT2D eigenvalue weighted by Gasteiger charge is 2.13. The summed E-state index contributed by atoms with van der Waals surface area (Å²) in [5.74, 6) is -1.51. The van der Waals surface area contributed by atoms with Crippen LogP contribution in [0.3, 0.4) is 0 Å². The van der Waals surface area contributed by atoms with Gasteiger partial charge in [-0.05, 0) is 30.7 Å². The number of aryl methyl sites for hydroxylation is 1. The summed E-state index contributed by atoms with van der Waals surface area (Å²) in [6.45, 7) is 1.68. The van der Waals surface area contributed by atoms with Crippen molar-refractivity contribution >= 4 is 40.8 Å². The number of nitrogens with one attached hydrogen (secondary N) is 2. The van der Waals surface area contributed by atoms with E-state index in [4.69, 9.17) is 28.3 Å². The van der Waals surface area contributed by atoms with Crippen LogP contribution >= 0.6 is 23.2 Å². The van der Waals surface area contributed by atoms with Gasteiger partial charge in [0.25, 0.3) is 5.91 Å². The van der Waals surface area contributed by atoms with Crippen LogP contribution in [-0.2, 0) is 0 Å². The normalized spacial score (nSPS) is 10.3. The highest BCUT2D eigenvalue weighted by Crippen LogP contribution is 2.23. The number of hydrogen-bond acceptors (Lipinski definition) is 2. The molecule has 0 bridgehead atoms. The van der Waals surface area contributed by atoms with E-state index in [0.717, 1.165) is 0 Å². The zero-order valence-corrected chi connectivity index (χ0v) is 11.8. The lowest BCUT2D eigenvalue weighted by molar-refractivity contribution is 0.0695. The molecule has 0 saturated carbocycles. The molecule has 7 heteroatoms. The number of carbonyl (C=O) groups is 2. The Morgan fingerprint density at radius 1 is 1.25 bits per heavy atom. The Bertz CT molecular complexity index is 675. The summed E-state index contributed by atoms with van der Waals surface area (Å²) in [5.41, 5.74) is 1.31. The third-order valence-corrected chi connectivity index (χ3v) is 3.39. The van der Waals surface area contributed by atoms with Crippen molar-refractivity contribution in [2.45, 2.75) is 6.92 Å². The Hall–Kier alpha value is -1.98. The quantitative estimate of drug-likeness (QED) is 0.810. The first-order chi connectivity index (χ1) is 9.38. The molecule has 3 N–H and O–H groups in total. The van der Waals surface area contributed by atoms with E-state index in [1.807, 2.05) is 0 Å². The number of halogens is 2. The standard InChI is InChI=1S/C13H10Cl2N2O3/c1-6-2-3-7(4-8(6)13(19)20)16-12(18)10-5-9(14)11(15)17-10/h2-5,17H,1H3,(H,16,18)(H,19,20). The van der Waals surface area contributed by atoms with Gasteiger partial charge < -0.3 is 15.4 Å². The molecule has 0 atom stereocenters. The number of aromatic carboxylic acids is 1. The van der Waals surface area contributed by atoms with E-state index in [9.17, 15) is 9.59 Å². The van der Waals surface area contributed by atoms with E-state index < -0.39 is 11.9 Å². The van der Waals surface area contributed by atoms with E-state index in [1.54, 1.807) is 19.1 Å². The Kier molecular flexibility index (Phi) is 4.01. The number of H-pyrrole nitrogens is 1. The second-order valence-electron chi connectivity index (χ2n) is 4.13. The minimum Gasteiger partial charge on any atom is -0.478 e. The van der Waals surface area contributed by atoms with Gasteiger partial charge in [-0.3, -0.25) is 4.79 Å². The van der Waals surface area contributed by atoms with Crippen LogP contribution in [0.5, 0.6) is 0 Å². The van der Waals surface area contributed by atoms with Gasteiger partial charge in [0.15, 0.2) is 0 Å². The maximum Gasteiger partial charge on any atom is 0.336 e. The highest BCUT2D eigenvalue weighted by atomic mass is 35.5. The number of rotatable bonds is 3. The number of aromatic nitrogens is 1. The fourth-order valence-electron chi connectivity index (χ4n) is 1.66. The van der Waals surface area contributed by atoms with Gasteiger partial charge in [0, 0.05) is 5.69 Å². The molecular formula is C13H10Cl2N2O3. The molecule has 0 saturated heterocycles. The summed E-state index contributed by atoms with van der Waals surface area (Å²) in [5, 5.41) is 12.0. The van der Waals surface area contributed by atoms with E-state index >= 15 is 0 Å². The Morgan fingerprint density at radius 3 is 2.50 bits per heavy atom. The van der Waals surface area contributed by atoms with Gasteiger partial charge in [-0.2, -0.15) is 0 Å². The summed E-state index contributed by atoms with van der Waals surface area (Å²) in [6.07, 6.45) is 0. The average molecular weight is 313 g/mol. The number of carbonyl (C=O) groups excluding carboxylic acids is 1. The van der Waals surface area contributed by atoms with Crippen molar-refractivity contribution in [2.75, 3.05) is 5.32 Å². The SMILES string of the molecule is Cc1ccc(NC(=O)c2cc(Cl)c(Cl)[nH]2)cc1C(=O)O. The fourth-order valence-corrected chi connectivity index (χ4v) is 1.97. The number of carboxylic acid groups (broad SMARTS) is 1. The highest BCUT2D eigenvalue weighted by molar-refractivity contribution is 6.41. The minimum absolute atomic E-state index is 0.130. The third-order valence-electron chi connectivity index (χ3n) is 2.70. The fraction of sp³-hybridized carbons (Fsp3) is 0.0769. The molecule has 2 rings (SSSR count). The monoisotopic (exact) mass is 312 g/mol. The van der Waals surface area contributed by atoms with Gasteiger partial charge in [-0.1, -0.05) is 29.3 Å². The van der Waals surface area contributed by atoms with Crippen molar-refractivity contribution in [2.24, 2.45) is 0 Å². The van der Waals surface area contributed by atoms with Crippen LogP contribution in [0.2, 0.25) is 10.2 Å². The van der Waals surface area contributed by atoms with E-state index in [0.29, 0.717) is 11.3 Å². The number of anilines is 1. The lowest BCUT2D eigenvalue weighted by Crippen LogP contribution is -2.13. The Balaban J connectivity index is 2.24. The predicted octanol–water partition coefficient (Wildman–Crippen LogP) is 3.58. The summed E-state index contributed by atoms with van der Waals surface area (Å²) >= 11 is 11.5. The maximum atomic E-state index is 11.9. The first kappa shape index (κ1) is 14.4. The minimum atomic E-state index is -1.05. The Labute approximate surface area is 124 Å². The van der Waals surface area contributed by atoms with Crippen LogP contribution in [0.15, 0.2) is 24.3 Å². The van der Waals surface area contributed by atoms with Gasteiger partial charge in [0.2, 0.25) is 0 Å².